The molecule has 0 N–H and O–H groups in total. The molecule has 12 aromatic rings. The average molecular weight is 1330 g/mol. The molecule has 0 atom stereocenters. The van der Waals surface area contributed by atoms with Crippen LogP contribution in [0.4, 0.5) is 0 Å². The standard InChI is InChI=1S/C84H80N8O8/c1-9-61-65-45-67-62(10-2)69-47-71-64(12-4)72-48-70-63(11-3)68-46-66(61)78-74(90-39-23-58(24-40-90)54-15-31-86(6)32-16-54)80(68)96-51-98-82(70)76(92-43-27-60(28-44-92)56-19-35-88(8)36-20-56)84(72)100-52-99-83(71)75(91-41-25-59(26-42-91)55-17-33-87(7)34-18-55)81(69)97-50-95-79(67)73(77(65)93-49-94-78)89-37-21-57(22-38-89)53-13-29-85(5)30-14-53/h13-48,61-64H,9-12,49-52H2,1-8H3/q+8. The molecule has 12 heterocycles. The summed E-state index contributed by atoms with van der Waals surface area (Å²) in [6.07, 6.45) is 36.3. The molecule has 100 heavy (non-hydrogen) atoms. The van der Waals surface area contributed by atoms with E-state index in [1.807, 2.05) is 46.5 Å². The van der Waals surface area contributed by atoms with Crippen molar-refractivity contribution in [3.8, 4) is 113 Å². The van der Waals surface area contributed by atoms with Gasteiger partial charge in [0, 0.05) is 165 Å². The number of aryl methyl sites for hydroxylation is 4. The van der Waals surface area contributed by atoms with Crippen LogP contribution in [0.1, 0.15) is 122 Å². The Balaban J connectivity index is 0.985. The van der Waals surface area contributed by atoms with Crippen molar-refractivity contribution < 1.29 is 74.4 Å². The predicted octanol–water partition coefficient (Wildman–Crippen LogP) is 12.2. The highest BCUT2D eigenvalue weighted by molar-refractivity contribution is 5.75. The number of nitrogens with zero attached hydrogens (tertiary/aromatic N) is 8. The van der Waals surface area contributed by atoms with Crippen LogP contribution in [0.5, 0.6) is 46.0 Å². The maximum Gasteiger partial charge on any atom is 0.296 e. The Morgan fingerprint density at radius 1 is 0.230 bits per heavy atom. The third-order valence-corrected chi connectivity index (χ3v) is 20.9. The molecular weight excluding hydrogens is 1250 g/mol. The van der Waals surface area contributed by atoms with E-state index in [4.69, 9.17) is 37.9 Å². The second-order valence-corrected chi connectivity index (χ2v) is 26.7. The van der Waals surface area contributed by atoms with E-state index in [2.05, 4.69) is 266 Å². The Kier molecular flexibility index (Phi) is 15.8. The zero-order chi connectivity index (χ0) is 67.9. The first-order valence-corrected chi connectivity index (χ1v) is 34.8. The average Bonchev–Trinajstić information content (AvgIpc) is 0.718. The minimum Gasteiger partial charge on any atom is -0.450 e. The summed E-state index contributed by atoms with van der Waals surface area (Å²) in [5, 5.41) is 0. The van der Waals surface area contributed by atoms with Gasteiger partial charge < -0.3 is 37.9 Å². The van der Waals surface area contributed by atoms with E-state index in [0.717, 1.165) is 112 Å². The topological polar surface area (TPSA) is 105 Å². The highest BCUT2D eigenvalue weighted by Crippen LogP contribution is 2.58. The molecule has 0 fully saturated rings. The van der Waals surface area contributed by atoms with Crippen LogP contribution in [0.15, 0.2) is 220 Å². The van der Waals surface area contributed by atoms with E-state index < -0.39 is 0 Å². The van der Waals surface area contributed by atoms with Gasteiger partial charge in [-0.2, -0.15) is 18.3 Å². The van der Waals surface area contributed by atoms with Gasteiger partial charge >= 0.3 is 0 Å². The lowest BCUT2D eigenvalue weighted by molar-refractivity contribution is -0.671. The van der Waals surface area contributed by atoms with Gasteiger partial charge in [0.2, 0.25) is 73.2 Å². The van der Waals surface area contributed by atoms with E-state index in [0.29, 0.717) is 71.7 Å². The van der Waals surface area contributed by atoms with Gasteiger partial charge in [0.15, 0.2) is 99.1 Å². The SMILES string of the molecule is CCC1c2cc3c4c(-[n+]5ccc(-c6cc[n+](C)cc6)cc5)c2OCOc2c1cc1c(c2-[n+]2ccc(-c5cc[n+](C)cc5)cc2)OCOc2c(cc5c(c2-[n+]2ccc(-c6cc[n+](C)cc6)cc2)OCOc2c(cc(c(c2-[n+]2ccc(-c6cc[n+](C)cc6)cc2)OCO4)C3CC)C5CC)C1CC. The first-order chi connectivity index (χ1) is 49.0. The fourth-order valence-electron chi connectivity index (χ4n) is 15.8. The Bertz CT molecular complexity index is 4380. The van der Waals surface area contributed by atoms with Crippen LogP contribution in [-0.4, -0.2) is 27.2 Å². The summed E-state index contributed by atoms with van der Waals surface area (Å²) in [7, 11) is 8.14. The second-order valence-electron chi connectivity index (χ2n) is 26.7. The molecule has 496 valence electrons. The highest BCUT2D eigenvalue weighted by Gasteiger charge is 2.46. The number of rotatable bonds is 12. The number of hydrogen-bond donors (Lipinski definition) is 0. The van der Waals surface area contributed by atoms with Crippen molar-refractivity contribution >= 4 is 0 Å². The van der Waals surface area contributed by atoms with Crippen LogP contribution >= 0.6 is 0 Å². The van der Waals surface area contributed by atoms with E-state index in [-0.39, 0.29) is 50.8 Å². The predicted molar refractivity (Wildman–Crippen MR) is 371 cm³/mol. The minimum absolute atomic E-state index is 0.137. The minimum atomic E-state index is -0.306. The smallest absolute Gasteiger partial charge is 0.296 e. The van der Waals surface area contributed by atoms with Crippen molar-refractivity contribution in [2.75, 3.05) is 27.2 Å². The lowest BCUT2D eigenvalue weighted by Gasteiger charge is -2.34. The molecule has 8 aromatic heterocycles. The number of hydrogen-bond acceptors (Lipinski definition) is 8. The van der Waals surface area contributed by atoms with Crippen LogP contribution in [0.3, 0.4) is 0 Å². The molecule has 4 aliphatic heterocycles. The molecule has 17 rings (SSSR count). The number of ether oxygens (including phenoxy) is 8. The van der Waals surface area contributed by atoms with Crippen LogP contribution in [-0.2, 0) is 28.2 Å². The molecule has 0 radical (unpaired) electrons. The molecule has 0 spiro atoms. The highest BCUT2D eigenvalue weighted by atomic mass is 16.7. The van der Waals surface area contributed by atoms with Gasteiger partial charge in [-0.25, -0.2) is 18.3 Å². The summed E-state index contributed by atoms with van der Waals surface area (Å²) in [5.74, 6) is 4.06. The Morgan fingerprint density at radius 3 is 0.510 bits per heavy atom. The van der Waals surface area contributed by atoms with Gasteiger partial charge in [-0.3, -0.25) is 0 Å². The molecule has 16 nitrogen and oxygen atoms in total. The molecule has 8 bridgehead atoms. The van der Waals surface area contributed by atoms with Gasteiger partial charge in [-0.15, -0.1) is 0 Å². The summed E-state index contributed by atoms with van der Waals surface area (Å²) < 4.78 is 75.2. The summed E-state index contributed by atoms with van der Waals surface area (Å²) in [4.78, 5) is 0. The number of benzene rings is 4. The lowest BCUT2D eigenvalue weighted by atomic mass is 9.76. The zero-order valence-electron chi connectivity index (χ0n) is 57.6. The summed E-state index contributed by atoms with van der Waals surface area (Å²) in [5.41, 5.74) is 19.8. The van der Waals surface area contributed by atoms with Crippen molar-refractivity contribution in [1.82, 2.24) is 0 Å². The molecule has 16 heteroatoms. The van der Waals surface area contributed by atoms with Crippen LogP contribution < -0.4 is 74.4 Å². The van der Waals surface area contributed by atoms with Gasteiger partial charge in [0.05, 0.1) is 0 Å². The normalized spacial score (nSPS) is 16.6. The molecule has 0 amide bonds. The molecular formula is C84H80N8O8+8. The van der Waals surface area contributed by atoms with Gasteiger partial charge in [0.1, 0.15) is 28.2 Å². The van der Waals surface area contributed by atoms with Crippen molar-refractivity contribution in [2.45, 2.75) is 77.0 Å². The van der Waals surface area contributed by atoms with E-state index in [9.17, 15) is 0 Å². The fourth-order valence-corrected chi connectivity index (χ4v) is 15.8. The first kappa shape index (κ1) is 62.0. The van der Waals surface area contributed by atoms with Crippen LogP contribution in [0, 0.1) is 0 Å². The van der Waals surface area contributed by atoms with Crippen LogP contribution in [0.25, 0.3) is 67.3 Å². The summed E-state index contributed by atoms with van der Waals surface area (Å²) >= 11 is 0. The van der Waals surface area contributed by atoms with Crippen molar-refractivity contribution in [2.24, 2.45) is 28.2 Å². The zero-order valence-corrected chi connectivity index (χ0v) is 57.6. The van der Waals surface area contributed by atoms with Gasteiger partial charge in [-0.05, 0) is 94.5 Å². The number of pyridine rings is 8. The largest absolute Gasteiger partial charge is 0.450 e. The molecule has 0 saturated heterocycles. The first-order valence-electron chi connectivity index (χ1n) is 34.8. The third kappa shape index (κ3) is 10.6. The van der Waals surface area contributed by atoms with E-state index in [1.165, 1.54) is 0 Å². The molecule has 0 saturated carbocycles. The van der Waals surface area contributed by atoms with Crippen molar-refractivity contribution in [1.29, 1.82) is 0 Å². The summed E-state index contributed by atoms with van der Waals surface area (Å²) in [6, 6.07) is 44.0. The van der Waals surface area contributed by atoms with E-state index in [1.54, 1.807) is 0 Å². The Labute approximate surface area is 582 Å². The van der Waals surface area contributed by atoms with E-state index >= 15 is 0 Å². The molecule has 4 aromatic carbocycles. The Morgan fingerprint density at radius 2 is 0.370 bits per heavy atom. The Hall–Kier alpha value is -11.5. The maximum atomic E-state index is 7.30. The van der Waals surface area contributed by atoms with Gasteiger partial charge in [0.25, 0.3) is 22.7 Å². The molecule has 1 aliphatic carbocycles. The van der Waals surface area contributed by atoms with Crippen molar-refractivity contribution in [3.05, 3.63) is 265 Å². The van der Waals surface area contributed by atoms with Crippen LogP contribution in [0.2, 0.25) is 0 Å². The monoisotopic (exact) mass is 1330 g/mol. The second kappa shape index (κ2) is 25.4. The number of aromatic nitrogens is 8. The van der Waals surface area contributed by atoms with Gasteiger partial charge in [-0.1, -0.05) is 27.7 Å². The molecule has 0 unspecified atom stereocenters. The summed E-state index contributed by atoms with van der Waals surface area (Å²) in [6.45, 7) is 8.53. The fraction of sp³-hybridized carbons (Fsp3) is 0.238. The quantitative estimate of drug-likeness (QED) is 0.111. The lowest BCUT2D eigenvalue weighted by Crippen LogP contribution is -2.37. The maximum absolute atomic E-state index is 7.30. The van der Waals surface area contributed by atoms with Crippen molar-refractivity contribution in [3.63, 3.8) is 0 Å². The molecule has 5 aliphatic rings. The third-order valence-electron chi connectivity index (χ3n) is 20.9.